The van der Waals surface area contributed by atoms with Crippen molar-refractivity contribution in [2.75, 3.05) is 0 Å². The molecule has 5 nitrogen and oxygen atoms in total. The van der Waals surface area contributed by atoms with Crippen molar-refractivity contribution in [1.29, 1.82) is 0 Å². The number of carboxylic acids is 1. The molecule has 56 valence electrons. The number of hydrogen-bond donors (Lipinski definition) is 3. The molecular formula is C5H6O5. The number of hydrogen-bond acceptors (Lipinski definition) is 4. The molecule has 0 fully saturated rings. The second kappa shape index (κ2) is 2.86. The highest BCUT2D eigenvalue weighted by molar-refractivity contribution is 5.98. The SMILES string of the molecule is CC(=O)/C(O)=C(\O)C(=O)O. The van der Waals surface area contributed by atoms with Gasteiger partial charge < -0.3 is 15.3 Å². The van der Waals surface area contributed by atoms with Crippen molar-refractivity contribution in [2.24, 2.45) is 0 Å². The molecule has 0 aromatic carbocycles. The number of carbonyl (C=O) groups excluding carboxylic acids is 1. The number of Topliss-reactive ketones (excluding diaryl/α,β-unsaturated/α-hetero) is 1. The molecular weight excluding hydrogens is 140 g/mol. The van der Waals surface area contributed by atoms with Gasteiger partial charge in [-0.05, 0) is 0 Å². The van der Waals surface area contributed by atoms with E-state index in [-0.39, 0.29) is 0 Å². The molecule has 0 radical (unpaired) electrons. The van der Waals surface area contributed by atoms with Crippen LogP contribution in [-0.2, 0) is 9.59 Å². The third-order valence-corrected chi connectivity index (χ3v) is 0.760. The largest absolute Gasteiger partial charge is 0.502 e. The standard InChI is InChI=1S/C5H6O5/c1-2(6)3(7)4(8)5(9)10/h7-8H,1H3,(H,9,10)/b4-3+. The van der Waals surface area contributed by atoms with Gasteiger partial charge in [-0.3, -0.25) is 4.79 Å². The Bertz CT molecular complexity index is 180. The molecule has 0 saturated carbocycles. The lowest BCUT2D eigenvalue weighted by molar-refractivity contribution is -0.136. The van der Waals surface area contributed by atoms with Crippen LogP contribution in [0.15, 0.2) is 11.5 Å². The second-order valence-electron chi connectivity index (χ2n) is 1.56. The lowest BCUT2D eigenvalue weighted by atomic mass is 10.3. The summed E-state index contributed by atoms with van der Waals surface area (Å²) in [5.74, 6) is -5.08. The smallest absolute Gasteiger partial charge is 0.375 e. The summed E-state index contributed by atoms with van der Waals surface area (Å²) in [6, 6.07) is 0. The van der Waals surface area contributed by atoms with Gasteiger partial charge in [0.15, 0.2) is 5.78 Å². The Morgan fingerprint density at radius 2 is 1.40 bits per heavy atom. The van der Waals surface area contributed by atoms with Gasteiger partial charge in [-0.15, -0.1) is 0 Å². The normalized spacial score (nSPS) is 12.1. The van der Waals surface area contributed by atoms with E-state index in [4.69, 9.17) is 15.3 Å². The monoisotopic (exact) mass is 146 g/mol. The topological polar surface area (TPSA) is 94.8 Å². The number of allylic oxidation sites excluding steroid dienone is 1. The first-order valence-electron chi connectivity index (χ1n) is 2.33. The maximum absolute atomic E-state index is 10.2. The Kier molecular flexibility index (Phi) is 2.43. The fourth-order valence-electron chi connectivity index (χ4n) is 0.268. The summed E-state index contributed by atoms with van der Waals surface area (Å²) in [6.45, 7) is 0.939. The van der Waals surface area contributed by atoms with E-state index in [1.807, 2.05) is 0 Å². The van der Waals surface area contributed by atoms with E-state index in [0.29, 0.717) is 0 Å². The maximum atomic E-state index is 10.2. The molecule has 5 heteroatoms. The zero-order valence-corrected chi connectivity index (χ0v) is 5.16. The van der Waals surface area contributed by atoms with Crippen molar-refractivity contribution in [3.63, 3.8) is 0 Å². The van der Waals surface area contributed by atoms with Crippen LogP contribution in [0.3, 0.4) is 0 Å². The van der Waals surface area contributed by atoms with Crippen LogP contribution in [0, 0.1) is 0 Å². The Hall–Kier alpha value is -1.52. The second-order valence-corrected chi connectivity index (χ2v) is 1.56. The number of carboxylic acid groups (broad SMARTS) is 1. The zero-order valence-electron chi connectivity index (χ0n) is 5.16. The molecule has 0 aliphatic heterocycles. The van der Waals surface area contributed by atoms with Gasteiger partial charge in [0.05, 0.1) is 0 Å². The summed E-state index contributed by atoms with van der Waals surface area (Å²) in [6.07, 6.45) is 0. The van der Waals surface area contributed by atoms with E-state index in [1.54, 1.807) is 0 Å². The van der Waals surface area contributed by atoms with Crippen LogP contribution < -0.4 is 0 Å². The first kappa shape index (κ1) is 8.48. The molecule has 0 aliphatic carbocycles. The minimum atomic E-state index is -1.73. The molecule has 0 spiro atoms. The van der Waals surface area contributed by atoms with Crippen molar-refractivity contribution in [1.82, 2.24) is 0 Å². The number of aliphatic hydroxyl groups excluding tert-OH is 2. The third kappa shape index (κ3) is 1.77. The van der Waals surface area contributed by atoms with E-state index >= 15 is 0 Å². The number of aliphatic carboxylic acids is 1. The number of ketones is 1. The predicted molar refractivity (Wildman–Crippen MR) is 30.6 cm³/mol. The molecule has 0 rings (SSSR count). The van der Waals surface area contributed by atoms with E-state index in [1.165, 1.54) is 0 Å². The molecule has 0 aliphatic rings. The highest BCUT2D eigenvalue weighted by Crippen LogP contribution is 1.97. The summed E-state index contributed by atoms with van der Waals surface area (Å²) in [5.41, 5.74) is 0. The first-order valence-corrected chi connectivity index (χ1v) is 2.33. The van der Waals surface area contributed by atoms with Gasteiger partial charge >= 0.3 is 5.97 Å². The molecule has 0 aromatic heterocycles. The van der Waals surface area contributed by atoms with Crippen LogP contribution in [0.5, 0.6) is 0 Å². The molecule has 10 heavy (non-hydrogen) atoms. The number of rotatable bonds is 2. The third-order valence-electron chi connectivity index (χ3n) is 0.760. The van der Waals surface area contributed by atoms with E-state index in [9.17, 15) is 9.59 Å². The maximum Gasteiger partial charge on any atom is 0.375 e. The molecule has 0 aromatic rings. The van der Waals surface area contributed by atoms with E-state index in [0.717, 1.165) is 6.92 Å². The Balaban J connectivity index is 4.67. The van der Waals surface area contributed by atoms with Crippen molar-refractivity contribution >= 4 is 11.8 Å². The zero-order chi connectivity index (χ0) is 8.31. The van der Waals surface area contributed by atoms with Crippen molar-refractivity contribution < 1.29 is 24.9 Å². The lowest BCUT2D eigenvalue weighted by Gasteiger charge is -1.93. The van der Waals surface area contributed by atoms with Crippen LogP contribution in [0.25, 0.3) is 0 Å². The summed E-state index contributed by atoms with van der Waals surface area (Å²) in [4.78, 5) is 20.0. The Morgan fingerprint density at radius 1 is 1.00 bits per heavy atom. The summed E-state index contributed by atoms with van der Waals surface area (Å²) < 4.78 is 0. The summed E-state index contributed by atoms with van der Waals surface area (Å²) >= 11 is 0. The van der Waals surface area contributed by atoms with Crippen LogP contribution in [0.4, 0.5) is 0 Å². The molecule has 0 bridgehead atoms. The van der Waals surface area contributed by atoms with Crippen LogP contribution >= 0.6 is 0 Å². The van der Waals surface area contributed by atoms with Gasteiger partial charge in [-0.25, -0.2) is 4.79 Å². The fraction of sp³-hybridized carbons (Fsp3) is 0.200. The average Bonchev–Trinajstić information content (AvgIpc) is 1.84. The molecule has 0 heterocycles. The first-order chi connectivity index (χ1) is 4.46. The minimum absolute atomic E-state index is 0.889. The van der Waals surface area contributed by atoms with Gasteiger partial charge in [0.2, 0.25) is 11.5 Å². The molecule has 0 atom stereocenters. The quantitative estimate of drug-likeness (QED) is 0.376. The van der Waals surface area contributed by atoms with Crippen molar-refractivity contribution in [2.45, 2.75) is 6.92 Å². The average molecular weight is 146 g/mol. The van der Waals surface area contributed by atoms with Gasteiger partial charge in [0.25, 0.3) is 0 Å². The van der Waals surface area contributed by atoms with Gasteiger partial charge in [0.1, 0.15) is 0 Å². The summed E-state index contributed by atoms with van der Waals surface area (Å²) in [7, 11) is 0. The Labute approximate surface area is 56.2 Å². The lowest BCUT2D eigenvalue weighted by Crippen LogP contribution is -2.08. The van der Waals surface area contributed by atoms with E-state index < -0.39 is 23.3 Å². The predicted octanol–water partition coefficient (Wildman–Crippen LogP) is -0.0124. The van der Waals surface area contributed by atoms with Crippen LogP contribution in [0.1, 0.15) is 6.92 Å². The molecule has 0 amide bonds. The van der Waals surface area contributed by atoms with Crippen molar-refractivity contribution in [3.8, 4) is 0 Å². The minimum Gasteiger partial charge on any atom is -0.502 e. The highest BCUT2D eigenvalue weighted by atomic mass is 16.4. The van der Waals surface area contributed by atoms with E-state index in [2.05, 4.69) is 0 Å². The Morgan fingerprint density at radius 3 is 1.50 bits per heavy atom. The fourth-order valence-corrected chi connectivity index (χ4v) is 0.268. The van der Waals surface area contributed by atoms with Gasteiger partial charge in [0, 0.05) is 6.92 Å². The highest BCUT2D eigenvalue weighted by Gasteiger charge is 2.14. The van der Waals surface area contributed by atoms with Crippen LogP contribution in [-0.4, -0.2) is 27.1 Å². The number of aliphatic hydroxyl groups is 2. The summed E-state index contributed by atoms with van der Waals surface area (Å²) in [5, 5.41) is 24.8. The van der Waals surface area contributed by atoms with Crippen molar-refractivity contribution in [3.05, 3.63) is 11.5 Å². The number of carbonyl (C=O) groups is 2. The molecule has 0 unspecified atom stereocenters. The molecule has 3 N–H and O–H groups in total. The van der Waals surface area contributed by atoms with Gasteiger partial charge in [-0.1, -0.05) is 0 Å². The van der Waals surface area contributed by atoms with Crippen LogP contribution in [0.2, 0.25) is 0 Å². The molecule has 0 saturated heterocycles. The van der Waals surface area contributed by atoms with Gasteiger partial charge in [-0.2, -0.15) is 0 Å².